The molecule has 1 aliphatic carbocycles. The smallest absolute Gasteiger partial charge is 0.0591 e. The van der Waals surface area contributed by atoms with E-state index in [-0.39, 0.29) is 0 Å². The third kappa shape index (κ3) is 4.97. The predicted molar refractivity (Wildman–Crippen MR) is 60.5 cm³/mol. The third-order valence-electron chi connectivity index (χ3n) is 3.26. The molecule has 1 N–H and O–H groups in total. The van der Waals surface area contributed by atoms with E-state index < -0.39 is 0 Å². The van der Waals surface area contributed by atoms with Crippen molar-refractivity contribution in [2.75, 3.05) is 19.8 Å². The van der Waals surface area contributed by atoms with E-state index in [0.29, 0.717) is 6.04 Å². The molecule has 1 saturated carbocycles. The van der Waals surface area contributed by atoms with Crippen LogP contribution < -0.4 is 5.32 Å². The van der Waals surface area contributed by atoms with E-state index in [1.165, 1.54) is 19.3 Å². The second kappa shape index (κ2) is 6.41. The van der Waals surface area contributed by atoms with E-state index in [9.17, 15) is 0 Å². The van der Waals surface area contributed by atoms with Crippen molar-refractivity contribution in [3.05, 3.63) is 0 Å². The maximum absolute atomic E-state index is 5.56. The van der Waals surface area contributed by atoms with Crippen molar-refractivity contribution in [1.82, 2.24) is 5.32 Å². The quantitative estimate of drug-likeness (QED) is 0.606. The van der Waals surface area contributed by atoms with Crippen LogP contribution in [-0.2, 0) is 4.74 Å². The molecule has 0 amide bonds. The Bertz CT molecular complexity index is 145. The van der Waals surface area contributed by atoms with Gasteiger partial charge in [0.05, 0.1) is 6.61 Å². The van der Waals surface area contributed by atoms with E-state index in [1.807, 2.05) is 0 Å². The molecular formula is C12H25NO. The molecule has 2 unspecified atom stereocenters. The van der Waals surface area contributed by atoms with Crippen LogP contribution in [0.3, 0.4) is 0 Å². The highest BCUT2D eigenvalue weighted by atomic mass is 16.5. The van der Waals surface area contributed by atoms with Crippen LogP contribution in [0.4, 0.5) is 0 Å². The fraction of sp³-hybridized carbons (Fsp3) is 1.00. The minimum absolute atomic E-state index is 0.615. The highest BCUT2D eigenvalue weighted by molar-refractivity contribution is 4.72. The Morgan fingerprint density at radius 1 is 1.36 bits per heavy atom. The average Bonchev–Trinajstić information content (AvgIpc) is 2.99. The van der Waals surface area contributed by atoms with Crippen molar-refractivity contribution in [3.8, 4) is 0 Å². The fourth-order valence-corrected chi connectivity index (χ4v) is 1.45. The Morgan fingerprint density at radius 2 is 2.07 bits per heavy atom. The lowest BCUT2D eigenvalue weighted by atomic mass is 10.0. The lowest BCUT2D eigenvalue weighted by Crippen LogP contribution is -2.34. The molecule has 0 spiro atoms. The molecule has 0 bridgehead atoms. The van der Waals surface area contributed by atoms with Gasteiger partial charge in [-0.2, -0.15) is 0 Å². The fourth-order valence-electron chi connectivity index (χ4n) is 1.45. The van der Waals surface area contributed by atoms with E-state index in [2.05, 4.69) is 26.1 Å². The van der Waals surface area contributed by atoms with E-state index in [1.54, 1.807) is 0 Å². The summed E-state index contributed by atoms with van der Waals surface area (Å²) in [5.74, 6) is 1.65. The molecule has 1 rings (SSSR count). The normalized spacial score (nSPS) is 20.8. The largest absolute Gasteiger partial charge is 0.380 e. The van der Waals surface area contributed by atoms with Crippen molar-refractivity contribution in [3.63, 3.8) is 0 Å². The molecular weight excluding hydrogens is 174 g/mol. The Balaban J connectivity index is 1.86. The minimum Gasteiger partial charge on any atom is -0.380 e. The van der Waals surface area contributed by atoms with Gasteiger partial charge in [0.1, 0.15) is 0 Å². The van der Waals surface area contributed by atoms with Crippen LogP contribution in [-0.4, -0.2) is 25.8 Å². The van der Waals surface area contributed by atoms with Gasteiger partial charge < -0.3 is 10.1 Å². The Labute approximate surface area is 88.4 Å². The molecule has 1 fully saturated rings. The summed E-state index contributed by atoms with van der Waals surface area (Å²) in [6, 6.07) is 0.615. The first-order chi connectivity index (χ1) is 6.74. The lowest BCUT2D eigenvalue weighted by molar-refractivity contribution is 0.123. The molecule has 0 aromatic heterocycles. The molecule has 14 heavy (non-hydrogen) atoms. The van der Waals surface area contributed by atoms with Gasteiger partial charge in [0.15, 0.2) is 0 Å². The lowest BCUT2D eigenvalue weighted by Gasteiger charge is -2.19. The highest BCUT2D eigenvalue weighted by Gasteiger charge is 2.20. The number of rotatable bonds is 8. The van der Waals surface area contributed by atoms with Gasteiger partial charge >= 0.3 is 0 Å². The maximum Gasteiger partial charge on any atom is 0.0591 e. The van der Waals surface area contributed by atoms with Crippen molar-refractivity contribution < 1.29 is 4.74 Å². The van der Waals surface area contributed by atoms with Crippen molar-refractivity contribution in [2.45, 2.75) is 46.1 Å². The topological polar surface area (TPSA) is 21.3 Å². The summed E-state index contributed by atoms with van der Waals surface area (Å²) in [5.41, 5.74) is 0. The number of hydrogen-bond acceptors (Lipinski definition) is 2. The molecule has 2 atom stereocenters. The molecule has 0 aromatic rings. The van der Waals surface area contributed by atoms with E-state index >= 15 is 0 Å². The first-order valence-electron chi connectivity index (χ1n) is 6.05. The van der Waals surface area contributed by atoms with Crippen LogP contribution in [0.2, 0.25) is 0 Å². The van der Waals surface area contributed by atoms with Crippen molar-refractivity contribution >= 4 is 0 Å². The summed E-state index contributed by atoms with van der Waals surface area (Å²) in [7, 11) is 0. The molecule has 0 aromatic carbocycles. The summed E-state index contributed by atoms with van der Waals surface area (Å²) in [4.78, 5) is 0. The number of ether oxygens (including phenoxy) is 1. The zero-order valence-electron chi connectivity index (χ0n) is 9.88. The van der Waals surface area contributed by atoms with Crippen LogP contribution in [0.25, 0.3) is 0 Å². The number of nitrogens with one attached hydrogen (secondary N) is 1. The van der Waals surface area contributed by atoms with E-state index in [0.717, 1.165) is 31.6 Å². The molecule has 2 nitrogen and oxygen atoms in total. The number of hydrogen-bond donors (Lipinski definition) is 1. The average molecular weight is 199 g/mol. The van der Waals surface area contributed by atoms with Gasteiger partial charge in [-0.1, -0.05) is 20.3 Å². The van der Waals surface area contributed by atoms with Crippen LogP contribution in [0.5, 0.6) is 0 Å². The zero-order chi connectivity index (χ0) is 10.4. The molecule has 0 saturated heterocycles. The predicted octanol–water partition coefficient (Wildman–Crippen LogP) is 2.44. The molecule has 84 valence electrons. The molecule has 2 heteroatoms. The van der Waals surface area contributed by atoms with Crippen LogP contribution >= 0.6 is 0 Å². The Morgan fingerprint density at radius 3 is 2.64 bits per heavy atom. The summed E-state index contributed by atoms with van der Waals surface area (Å²) in [6.07, 6.45) is 4.02. The van der Waals surface area contributed by atoms with Crippen LogP contribution in [0, 0.1) is 11.8 Å². The molecule has 1 aliphatic rings. The second-order valence-corrected chi connectivity index (χ2v) is 4.65. The standard InChI is InChI=1S/C12H25NO/c1-4-10(2)11(3)13-7-8-14-9-12-5-6-12/h10-13H,4-9H2,1-3H3. The van der Waals surface area contributed by atoms with Crippen molar-refractivity contribution in [1.29, 1.82) is 0 Å². The van der Waals surface area contributed by atoms with E-state index in [4.69, 9.17) is 4.74 Å². The van der Waals surface area contributed by atoms with Gasteiger partial charge in [0, 0.05) is 19.2 Å². The summed E-state index contributed by atoms with van der Waals surface area (Å²) >= 11 is 0. The van der Waals surface area contributed by atoms with Crippen LogP contribution in [0.15, 0.2) is 0 Å². The monoisotopic (exact) mass is 199 g/mol. The SMILES string of the molecule is CCC(C)C(C)NCCOCC1CC1. The first-order valence-corrected chi connectivity index (χ1v) is 6.05. The Kier molecular flexibility index (Phi) is 5.49. The summed E-state index contributed by atoms with van der Waals surface area (Å²) in [6.45, 7) is 9.65. The zero-order valence-corrected chi connectivity index (χ0v) is 9.88. The molecule has 0 heterocycles. The highest BCUT2D eigenvalue weighted by Crippen LogP contribution is 2.28. The Hall–Kier alpha value is -0.0800. The summed E-state index contributed by atoms with van der Waals surface area (Å²) < 4.78 is 5.56. The van der Waals surface area contributed by atoms with Gasteiger partial charge in [-0.05, 0) is 31.6 Å². The molecule has 0 aliphatic heterocycles. The first kappa shape index (κ1) is 12.0. The summed E-state index contributed by atoms with van der Waals surface area (Å²) in [5, 5.41) is 3.50. The maximum atomic E-state index is 5.56. The van der Waals surface area contributed by atoms with Gasteiger partial charge in [0.25, 0.3) is 0 Å². The van der Waals surface area contributed by atoms with Gasteiger partial charge in [-0.3, -0.25) is 0 Å². The second-order valence-electron chi connectivity index (χ2n) is 4.65. The molecule has 0 radical (unpaired) electrons. The van der Waals surface area contributed by atoms with Crippen molar-refractivity contribution in [2.24, 2.45) is 11.8 Å². The third-order valence-corrected chi connectivity index (χ3v) is 3.26. The van der Waals surface area contributed by atoms with Gasteiger partial charge in [-0.15, -0.1) is 0 Å². The van der Waals surface area contributed by atoms with Gasteiger partial charge in [0.2, 0.25) is 0 Å². The minimum atomic E-state index is 0.615. The van der Waals surface area contributed by atoms with Crippen LogP contribution in [0.1, 0.15) is 40.0 Å². The van der Waals surface area contributed by atoms with Gasteiger partial charge in [-0.25, -0.2) is 0 Å².